The summed E-state index contributed by atoms with van der Waals surface area (Å²) in [4.78, 5) is 24.5. The van der Waals surface area contributed by atoms with Crippen LogP contribution in [0.3, 0.4) is 0 Å². The molecule has 2 fully saturated rings. The number of carbonyl (C=O) groups is 1. The first-order valence-corrected chi connectivity index (χ1v) is 12.5. The Morgan fingerprint density at radius 2 is 1.83 bits per heavy atom. The van der Waals surface area contributed by atoms with Gasteiger partial charge in [-0.25, -0.2) is 8.96 Å². The van der Waals surface area contributed by atoms with Crippen molar-refractivity contribution >= 4 is 22.6 Å². The van der Waals surface area contributed by atoms with Crippen LogP contribution in [-0.2, 0) is 6.42 Å². The maximum atomic E-state index is 15.3. The van der Waals surface area contributed by atoms with Crippen molar-refractivity contribution in [2.24, 2.45) is 0 Å². The number of halogens is 1. The van der Waals surface area contributed by atoms with Crippen molar-refractivity contribution in [3.63, 3.8) is 0 Å². The third-order valence-corrected chi connectivity index (χ3v) is 7.29. The standard InChI is InChI=1S/C27H34FN5O2/c1-30-18-21(19-30)31-12-14-32(15-13-31)24-17-23-25(16-22(24)28)33(27(29-23)35-2)26(34)11-7-6-10-20-8-4-3-5-9-20/h3-5,8-9,16-17,21H,6-7,10-15,18-19H2,1-2H3. The molecule has 186 valence electrons. The fourth-order valence-corrected chi connectivity index (χ4v) is 5.27. The number of likely N-dealkylation sites (N-methyl/N-ethyl adjacent to an activating group) is 1. The topological polar surface area (TPSA) is 53.8 Å². The average molecular weight is 480 g/mol. The zero-order valence-corrected chi connectivity index (χ0v) is 20.6. The Morgan fingerprint density at radius 1 is 1.09 bits per heavy atom. The first-order valence-electron chi connectivity index (χ1n) is 12.5. The van der Waals surface area contributed by atoms with Gasteiger partial charge in [0.25, 0.3) is 0 Å². The molecule has 2 saturated heterocycles. The Kier molecular flexibility index (Phi) is 7.02. The maximum absolute atomic E-state index is 15.3. The molecule has 2 aliphatic heterocycles. The molecule has 0 atom stereocenters. The lowest BCUT2D eigenvalue weighted by molar-refractivity contribution is 0.0487. The number of hydrogen-bond acceptors (Lipinski definition) is 6. The van der Waals surface area contributed by atoms with Crippen molar-refractivity contribution in [3.05, 3.63) is 53.8 Å². The van der Waals surface area contributed by atoms with E-state index in [-0.39, 0.29) is 17.7 Å². The molecular formula is C27H34FN5O2. The van der Waals surface area contributed by atoms with Gasteiger partial charge in [0.15, 0.2) is 0 Å². The average Bonchev–Trinajstić information content (AvgIpc) is 3.22. The monoisotopic (exact) mass is 479 g/mol. The van der Waals surface area contributed by atoms with Gasteiger partial charge in [-0.15, -0.1) is 0 Å². The zero-order valence-electron chi connectivity index (χ0n) is 20.6. The summed E-state index contributed by atoms with van der Waals surface area (Å²) in [6.45, 7) is 5.63. The number of likely N-dealkylation sites (tertiary alicyclic amines) is 1. The van der Waals surface area contributed by atoms with Crippen LogP contribution in [0.4, 0.5) is 10.1 Å². The molecule has 35 heavy (non-hydrogen) atoms. The van der Waals surface area contributed by atoms with Crippen molar-refractivity contribution in [1.29, 1.82) is 0 Å². The van der Waals surface area contributed by atoms with Crippen LogP contribution in [-0.4, -0.2) is 84.7 Å². The highest BCUT2D eigenvalue weighted by atomic mass is 19.1. The molecule has 5 rings (SSSR count). The first-order chi connectivity index (χ1) is 17.0. The van der Waals surface area contributed by atoms with Crippen LogP contribution in [0, 0.1) is 5.82 Å². The summed E-state index contributed by atoms with van der Waals surface area (Å²) in [5.74, 6) is -0.446. The smallest absolute Gasteiger partial charge is 0.304 e. The molecule has 0 saturated carbocycles. The number of aromatic nitrogens is 2. The molecule has 8 heteroatoms. The highest BCUT2D eigenvalue weighted by molar-refractivity contribution is 5.93. The predicted molar refractivity (Wildman–Crippen MR) is 136 cm³/mol. The summed E-state index contributed by atoms with van der Waals surface area (Å²) in [6, 6.07) is 14.3. The molecule has 0 radical (unpaired) electrons. The minimum atomic E-state index is -0.324. The molecule has 0 unspecified atom stereocenters. The Morgan fingerprint density at radius 3 is 2.51 bits per heavy atom. The number of benzene rings is 2. The van der Waals surface area contributed by atoms with Gasteiger partial charge in [0.1, 0.15) is 5.82 Å². The number of methoxy groups -OCH3 is 1. The number of hydrogen-bond donors (Lipinski definition) is 0. The Balaban J connectivity index is 1.26. The number of aryl methyl sites for hydroxylation is 1. The summed E-state index contributed by atoms with van der Waals surface area (Å²) in [7, 11) is 3.63. The van der Waals surface area contributed by atoms with Crippen LogP contribution < -0.4 is 9.64 Å². The number of nitrogens with zero attached hydrogens (tertiary/aromatic N) is 5. The van der Waals surface area contributed by atoms with Crippen LogP contribution in [0.25, 0.3) is 11.0 Å². The molecule has 1 aromatic heterocycles. The fraction of sp³-hybridized carbons (Fsp3) is 0.481. The van der Waals surface area contributed by atoms with Crippen LogP contribution in [0.5, 0.6) is 6.01 Å². The van der Waals surface area contributed by atoms with E-state index in [2.05, 4.69) is 38.9 Å². The summed E-state index contributed by atoms with van der Waals surface area (Å²) in [5.41, 5.74) is 2.86. The number of unbranched alkanes of at least 4 members (excludes halogenated alkanes) is 1. The second-order valence-corrected chi connectivity index (χ2v) is 9.71. The quantitative estimate of drug-likeness (QED) is 0.460. The molecule has 3 heterocycles. The SMILES string of the molecule is COc1nc2cc(N3CCN(C4CN(C)C4)CC3)c(F)cc2n1C(=O)CCCCc1ccccc1. The summed E-state index contributed by atoms with van der Waals surface area (Å²) in [5, 5.41) is 0. The van der Waals surface area contributed by atoms with Crippen molar-refractivity contribution < 1.29 is 13.9 Å². The highest BCUT2D eigenvalue weighted by Gasteiger charge is 2.32. The van der Waals surface area contributed by atoms with E-state index in [1.54, 1.807) is 6.07 Å². The number of rotatable bonds is 8. The third kappa shape index (κ3) is 5.04. The van der Waals surface area contributed by atoms with Gasteiger partial charge in [0.05, 0.1) is 23.8 Å². The minimum absolute atomic E-state index is 0.122. The molecule has 7 nitrogen and oxygen atoms in total. The van der Waals surface area contributed by atoms with Crippen molar-refractivity contribution in [1.82, 2.24) is 19.4 Å². The maximum Gasteiger partial charge on any atom is 0.304 e. The van der Waals surface area contributed by atoms with Gasteiger partial charge in [-0.3, -0.25) is 9.69 Å². The lowest BCUT2D eigenvalue weighted by Crippen LogP contribution is -2.62. The second-order valence-electron chi connectivity index (χ2n) is 9.71. The summed E-state index contributed by atoms with van der Waals surface area (Å²) in [6.07, 6.45) is 2.94. The van der Waals surface area contributed by atoms with Gasteiger partial charge in [-0.2, -0.15) is 4.98 Å². The van der Waals surface area contributed by atoms with E-state index in [4.69, 9.17) is 4.74 Å². The van der Waals surface area contributed by atoms with E-state index in [1.165, 1.54) is 23.3 Å². The number of anilines is 1. The van der Waals surface area contributed by atoms with Gasteiger partial charge in [0.2, 0.25) is 5.91 Å². The van der Waals surface area contributed by atoms with Gasteiger partial charge in [-0.05, 0) is 37.9 Å². The number of imidazole rings is 1. The minimum Gasteiger partial charge on any atom is -0.468 e. The lowest BCUT2D eigenvalue weighted by Gasteiger charge is -2.47. The molecule has 0 N–H and O–H groups in total. The van der Waals surface area contributed by atoms with E-state index >= 15 is 4.39 Å². The van der Waals surface area contributed by atoms with Gasteiger partial charge < -0.3 is 14.5 Å². The van der Waals surface area contributed by atoms with E-state index < -0.39 is 0 Å². The molecule has 0 aliphatic carbocycles. The lowest BCUT2D eigenvalue weighted by atomic mass is 10.1. The van der Waals surface area contributed by atoms with Crippen LogP contribution in [0.2, 0.25) is 0 Å². The fourth-order valence-electron chi connectivity index (χ4n) is 5.27. The van der Waals surface area contributed by atoms with Crippen molar-refractivity contribution in [2.45, 2.75) is 31.7 Å². The molecule has 0 spiro atoms. The zero-order chi connectivity index (χ0) is 24.4. The van der Waals surface area contributed by atoms with Crippen LogP contribution >= 0.6 is 0 Å². The number of carbonyl (C=O) groups excluding carboxylic acids is 1. The summed E-state index contributed by atoms with van der Waals surface area (Å²) >= 11 is 0. The van der Waals surface area contributed by atoms with Gasteiger partial charge >= 0.3 is 6.01 Å². The van der Waals surface area contributed by atoms with E-state index in [0.717, 1.165) is 58.5 Å². The normalized spacial score (nSPS) is 17.6. The van der Waals surface area contributed by atoms with Gasteiger partial charge in [0, 0.05) is 57.8 Å². The van der Waals surface area contributed by atoms with E-state index in [9.17, 15) is 4.79 Å². The molecule has 0 amide bonds. The van der Waals surface area contributed by atoms with E-state index in [1.807, 2.05) is 18.2 Å². The Hall–Kier alpha value is -2.97. The third-order valence-electron chi connectivity index (χ3n) is 7.29. The molecule has 3 aromatic rings. The van der Waals surface area contributed by atoms with Crippen LogP contribution in [0.15, 0.2) is 42.5 Å². The van der Waals surface area contributed by atoms with Crippen molar-refractivity contribution in [3.8, 4) is 6.01 Å². The molecule has 2 aromatic carbocycles. The van der Waals surface area contributed by atoms with Gasteiger partial charge in [-0.1, -0.05) is 30.3 Å². The van der Waals surface area contributed by atoms with Crippen LogP contribution in [0.1, 0.15) is 29.6 Å². The Labute approximate surface area is 206 Å². The first kappa shape index (κ1) is 23.8. The largest absolute Gasteiger partial charge is 0.468 e. The highest BCUT2D eigenvalue weighted by Crippen LogP contribution is 2.30. The Bertz CT molecular complexity index is 1170. The molecular weight excluding hydrogens is 445 g/mol. The summed E-state index contributed by atoms with van der Waals surface area (Å²) < 4.78 is 22.1. The second kappa shape index (κ2) is 10.3. The predicted octanol–water partition coefficient (Wildman–Crippen LogP) is 3.67. The number of fused-ring (bicyclic) bond motifs is 1. The van der Waals surface area contributed by atoms with Crippen molar-refractivity contribution in [2.75, 3.05) is 58.3 Å². The number of ether oxygens (including phenoxy) is 1. The molecule has 2 aliphatic rings. The molecule has 0 bridgehead atoms. The number of piperazine rings is 1. The van der Waals surface area contributed by atoms with E-state index in [0.29, 0.717) is 29.2 Å².